The highest BCUT2D eigenvalue weighted by atomic mass is 16.5. The van der Waals surface area contributed by atoms with Crippen LogP contribution in [0.2, 0.25) is 0 Å². The molecule has 0 aliphatic carbocycles. The number of nitrogens with zero attached hydrogens (tertiary/aromatic N) is 1. The van der Waals surface area contributed by atoms with Crippen molar-refractivity contribution in [1.82, 2.24) is 4.98 Å². The first-order valence-electron chi connectivity index (χ1n) is 9.11. The number of phenols is 1. The molecule has 4 aromatic rings. The zero-order valence-corrected chi connectivity index (χ0v) is 16.3. The van der Waals surface area contributed by atoms with Crippen LogP contribution in [0.25, 0.3) is 22.6 Å². The van der Waals surface area contributed by atoms with Gasteiger partial charge in [-0.25, -0.2) is 4.98 Å². The average molecular weight is 388 g/mol. The van der Waals surface area contributed by atoms with E-state index < -0.39 is 0 Å². The summed E-state index contributed by atoms with van der Waals surface area (Å²) in [6.45, 7) is 3.95. The number of benzene rings is 3. The molecule has 0 saturated carbocycles. The van der Waals surface area contributed by atoms with Crippen LogP contribution >= 0.6 is 0 Å². The first-order chi connectivity index (χ1) is 13.9. The van der Waals surface area contributed by atoms with Crippen LogP contribution in [-0.4, -0.2) is 23.1 Å². The topological polar surface area (TPSA) is 84.6 Å². The number of aryl methyl sites for hydroxylation is 2. The van der Waals surface area contributed by atoms with Crippen LogP contribution in [-0.2, 0) is 0 Å². The lowest BCUT2D eigenvalue weighted by Gasteiger charge is -2.08. The molecule has 6 heteroatoms. The average Bonchev–Trinajstić information content (AvgIpc) is 3.13. The molecule has 0 atom stereocenters. The molecule has 1 heterocycles. The highest BCUT2D eigenvalue weighted by Crippen LogP contribution is 2.34. The fourth-order valence-corrected chi connectivity index (χ4v) is 3.22. The molecule has 4 rings (SSSR count). The number of ether oxygens (including phenoxy) is 1. The van der Waals surface area contributed by atoms with Gasteiger partial charge in [-0.3, -0.25) is 4.79 Å². The molecule has 0 aliphatic rings. The SMILES string of the molecule is COc1ccc(C(=O)Nc2ccc(O)c(-c3nc4cc(C)cc(C)c4o3)c2)cc1. The summed E-state index contributed by atoms with van der Waals surface area (Å²) in [6.07, 6.45) is 0. The van der Waals surface area contributed by atoms with Gasteiger partial charge in [-0.2, -0.15) is 0 Å². The zero-order valence-electron chi connectivity index (χ0n) is 16.3. The van der Waals surface area contributed by atoms with Crippen LogP contribution < -0.4 is 10.1 Å². The number of aromatic hydroxyl groups is 1. The van der Waals surface area contributed by atoms with E-state index in [0.717, 1.165) is 16.6 Å². The second-order valence-electron chi connectivity index (χ2n) is 6.86. The number of methoxy groups -OCH3 is 1. The van der Waals surface area contributed by atoms with Gasteiger partial charge < -0.3 is 19.6 Å². The van der Waals surface area contributed by atoms with Gasteiger partial charge in [-0.1, -0.05) is 6.07 Å². The summed E-state index contributed by atoms with van der Waals surface area (Å²) >= 11 is 0. The summed E-state index contributed by atoms with van der Waals surface area (Å²) in [5.41, 5.74) is 4.89. The third-order valence-corrected chi connectivity index (χ3v) is 4.66. The Kier molecular flexibility index (Phi) is 4.68. The van der Waals surface area contributed by atoms with E-state index in [1.807, 2.05) is 26.0 Å². The van der Waals surface area contributed by atoms with E-state index in [2.05, 4.69) is 10.3 Å². The third-order valence-electron chi connectivity index (χ3n) is 4.66. The van der Waals surface area contributed by atoms with Crippen molar-refractivity contribution in [3.8, 4) is 23.0 Å². The first-order valence-corrected chi connectivity index (χ1v) is 9.11. The van der Waals surface area contributed by atoms with Gasteiger partial charge in [-0.15, -0.1) is 0 Å². The molecule has 146 valence electrons. The normalized spacial score (nSPS) is 10.9. The van der Waals surface area contributed by atoms with E-state index in [0.29, 0.717) is 34.0 Å². The Balaban J connectivity index is 1.65. The lowest BCUT2D eigenvalue weighted by molar-refractivity contribution is 0.102. The van der Waals surface area contributed by atoms with Gasteiger partial charge in [0.05, 0.1) is 12.7 Å². The summed E-state index contributed by atoms with van der Waals surface area (Å²) in [5, 5.41) is 13.1. The third kappa shape index (κ3) is 3.65. The molecule has 0 fully saturated rings. The Bertz CT molecular complexity index is 1210. The second kappa shape index (κ2) is 7.31. The maximum absolute atomic E-state index is 12.5. The number of nitrogens with one attached hydrogen (secondary N) is 1. The van der Waals surface area contributed by atoms with Crippen molar-refractivity contribution in [3.05, 3.63) is 71.3 Å². The summed E-state index contributed by atoms with van der Waals surface area (Å²) in [6, 6.07) is 15.5. The van der Waals surface area contributed by atoms with Gasteiger partial charge in [0.2, 0.25) is 5.89 Å². The van der Waals surface area contributed by atoms with Crippen molar-refractivity contribution in [2.24, 2.45) is 0 Å². The van der Waals surface area contributed by atoms with Crippen molar-refractivity contribution >= 4 is 22.7 Å². The number of amides is 1. The highest BCUT2D eigenvalue weighted by Gasteiger charge is 2.16. The van der Waals surface area contributed by atoms with E-state index in [9.17, 15) is 9.90 Å². The van der Waals surface area contributed by atoms with E-state index in [1.165, 1.54) is 6.07 Å². The maximum atomic E-state index is 12.5. The minimum atomic E-state index is -0.270. The van der Waals surface area contributed by atoms with Crippen LogP contribution in [0, 0.1) is 13.8 Å². The van der Waals surface area contributed by atoms with Crippen LogP contribution in [0.1, 0.15) is 21.5 Å². The van der Waals surface area contributed by atoms with Crippen molar-refractivity contribution in [2.45, 2.75) is 13.8 Å². The van der Waals surface area contributed by atoms with Crippen LogP contribution in [0.15, 0.2) is 59.0 Å². The predicted octanol–water partition coefficient (Wildman–Crippen LogP) is 5.08. The molecule has 0 spiro atoms. The molecule has 0 saturated heterocycles. The van der Waals surface area contributed by atoms with Crippen LogP contribution in [0.4, 0.5) is 5.69 Å². The lowest BCUT2D eigenvalue weighted by atomic mass is 10.1. The summed E-state index contributed by atoms with van der Waals surface area (Å²) in [7, 11) is 1.57. The molecule has 0 unspecified atom stereocenters. The predicted molar refractivity (Wildman–Crippen MR) is 112 cm³/mol. The number of carbonyl (C=O) groups is 1. The molecule has 0 aliphatic heterocycles. The minimum absolute atomic E-state index is 0.0216. The molecular weight excluding hydrogens is 368 g/mol. The largest absolute Gasteiger partial charge is 0.507 e. The second-order valence-corrected chi connectivity index (χ2v) is 6.86. The zero-order chi connectivity index (χ0) is 20.5. The number of oxazole rings is 1. The number of anilines is 1. The van der Waals surface area contributed by atoms with Crippen molar-refractivity contribution in [1.29, 1.82) is 0 Å². The van der Waals surface area contributed by atoms with Crippen LogP contribution in [0.3, 0.4) is 0 Å². The molecule has 2 N–H and O–H groups in total. The molecule has 0 bridgehead atoms. The number of phenolic OH excluding ortho intramolecular Hbond substituents is 1. The Hall–Kier alpha value is -3.80. The number of fused-ring (bicyclic) bond motifs is 1. The Labute approximate surface area is 167 Å². The number of rotatable bonds is 4. The Morgan fingerprint density at radius 3 is 2.55 bits per heavy atom. The highest BCUT2D eigenvalue weighted by molar-refractivity contribution is 6.04. The number of aromatic nitrogens is 1. The van der Waals surface area contributed by atoms with Crippen molar-refractivity contribution < 1.29 is 19.1 Å². The molecule has 6 nitrogen and oxygen atoms in total. The fraction of sp³-hybridized carbons (Fsp3) is 0.130. The van der Waals surface area contributed by atoms with Gasteiger partial charge in [-0.05, 0) is 73.5 Å². The summed E-state index contributed by atoms with van der Waals surface area (Å²) in [5.74, 6) is 0.725. The Morgan fingerprint density at radius 2 is 1.83 bits per heavy atom. The molecular formula is C23H20N2O4. The monoisotopic (exact) mass is 388 g/mol. The van der Waals surface area contributed by atoms with E-state index >= 15 is 0 Å². The summed E-state index contributed by atoms with van der Waals surface area (Å²) in [4.78, 5) is 17.0. The standard InChI is InChI=1S/C23H20N2O4/c1-13-10-14(2)21-19(11-13)25-23(29-21)18-12-16(6-9-20(18)26)24-22(27)15-4-7-17(28-3)8-5-15/h4-12,26H,1-3H3,(H,24,27). The first kappa shape index (κ1) is 18.6. The van der Waals surface area contributed by atoms with Gasteiger partial charge >= 0.3 is 0 Å². The van der Waals surface area contributed by atoms with E-state index in [4.69, 9.17) is 9.15 Å². The maximum Gasteiger partial charge on any atom is 0.255 e. The fourth-order valence-electron chi connectivity index (χ4n) is 3.22. The molecule has 0 radical (unpaired) electrons. The Morgan fingerprint density at radius 1 is 1.07 bits per heavy atom. The molecule has 1 amide bonds. The van der Waals surface area contributed by atoms with E-state index in [-0.39, 0.29) is 11.7 Å². The number of hydrogen-bond acceptors (Lipinski definition) is 5. The van der Waals surface area contributed by atoms with Crippen LogP contribution in [0.5, 0.6) is 11.5 Å². The van der Waals surface area contributed by atoms with Crippen molar-refractivity contribution in [3.63, 3.8) is 0 Å². The van der Waals surface area contributed by atoms with Crippen molar-refractivity contribution in [2.75, 3.05) is 12.4 Å². The number of carbonyl (C=O) groups excluding carboxylic acids is 1. The van der Waals surface area contributed by atoms with Gasteiger partial charge in [0, 0.05) is 11.3 Å². The lowest BCUT2D eigenvalue weighted by Crippen LogP contribution is -2.11. The van der Waals surface area contributed by atoms with Gasteiger partial charge in [0.1, 0.15) is 17.0 Å². The quantitative estimate of drug-likeness (QED) is 0.476. The number of hydrogen-bond donors (Lipinski definition) is 2. The van der Waals surface area contributed by atoms with Gasteiger partial charge in [0.15, 0.2) is 5.58 Å². The smallest absolute Gasteiger partial charge is 0.255 e. The van der Waals surface area contributed by atoms with E-state index in [1.54, 1.807) is 43.5 Å². The van der Waals surface area contributed by atoms with Gasteiger partial charge in [0.25, 0.3) is 5.91 Å². The molecule has 1 aromatic heterocycles. The molecule has 3 aromatic carbocycles. The molecule has 29 heavy (non-hydrogen) atoms. The minimum Gasteiger partial charge on any atom is -0.507 e. The summed E-state index contributed by atoms with van der Waals surface area (Å²) < 4.78 is 11.0.